The molecule has 6 heteroatoms. The predicted molar refractivity (Wildman–Crippen MR) is 122 cm³/mol. The molecule has 0 aliphatic heterocycles. The highest BCUT2D eigenvalue weighted by molar-refractivity contribution is 5.81. The Kier molecular flexibility index (Phi) is 6.68. The fourth-order valence-electron chi connectivity index (χ4n) is 9.00. The lowest BCUT2D eigenvalue weighted by molar-refractivity contribution is -0.174. The summed E-state index contributed by atoms with van der Waals surface area (Å²) in [5, 5.41) is 32.8. The van der Waals surface area contributed by atoms with Gasteiger partial charge in [0.2, 0.25) is 5.91 Å². The zero-order valence-electron chi connectivity index (χ0n) is 20.1. The molecular formula is C26H43NO5. The summed E-state index contributed by atoms with van der Waals surface area (Å²) in [7, 11) is 0. The van der Waals surface area contributed by atoms with E-state index >= 15 is 0 Å². The Morgan fingerprint density at radius 3 is 2.41 bits per heavy atom. The van der Waals surface area contributed by atoms with E-state index in [-0.39, 0.29) is 35.5 Å². The number of aliphatic carboxylic acids is 1. The Bertz CT molecular complexity index is 727. The van der Waals surface area contributed by atoms with Gasteiger partial charge in [-0.2, -0.15) is 0 Å². The fourth-order valence-corrected chi connectivity index (χ4v) is 9.00. The van der Waals surface area contributed by atoms with Gasteiger partial charge in [-0.3, -0.25) is 9.59 Å². The molecule has 32 heavy (non-hydrogen) atoms. The Labute approximate surface area is 192 Å². The van der Waals surface area contributed by atoms with Gasteiger partial charge < -0.3 is 20.6 Å². The molecule has 0 aromatic heterocycles. The third-order valence-electron chi connectivity index (χ3n) is 10.7. The van der Waals surface area contributed by atoms with Gasteiger partial charge in [0.15, 0.2) is 0 Å². The van der Waals surface area contributed by atoms with Crippen molar-refractivity contribution in [2.75, 3.05) is 6.54 Å². The molecule has 0 spiro atoms. The molecular weight excluding hydrogens is 406 g/mol. The highest BCUT2D eigenvalue weighted by Gasteiger charge is 2.62. The monoisotopic (exact) mass is 449 g/mol. The van der Waals surface area contributed by atoms with Crippen molar-refractivity contribution in [2.45, 2.75) is 97.2 Å². The van der Waals surface area contributed by atoms with Gasteiger partial charge in [0.25, 0.3) is 0 Å². The van der Waals surface area contributed by atoms with Crippen LogP contribution in [0.5, 0.6) is 0 Å². The van der Waals surface area contributed by atoms with E-state index in [1.54, 1.807) is 0 Å². The number of rotatable bonds is 6. The molecule has 182 valence electrons. The van der Waals surface area contributed by atoms with Crippen LogP contribution in [0.1, 0.15) is 85.0 Å². The van der Waals surface area contributed by atoms with Crippen molar-refractivity contribution in [1.82, 2.24) is 5.32 Å². The smallest absolute Gasteiger partial charge is 0.322 e. The molecule has 1 amide bonds. The van der Waals surface area contributed by atoms with Crippen LogP contribution in [0.2, 0.25) is 0 Å². The number of nitrogens with one attached hydrogen (secondary N) is 1. The molecule has 4 rings (SSSR count). The summed E-state index contributed by atoms with van der Waals surface area (Å²) in [6.07, 6.45) is 9.06. The molecule has 4 aliphatic rings. The van der Waals surface area contributed by atoms with Crippen LogP contribution in [0.3, 0.4) is 0 Å². The van der Waals surface area contributed by atoms with Gasteiger partial charge in [0, 0.05) is 6.42 Å². The quantitative estimate of drug-likeness (QED) is 0.496. The minimum atomic E-state index is -1.01. The molecule has 4 saturated carbocycles. The maximum atomic E-state index is 12.0. The molecule has 0 saturated heterocycles. The Hall–Kier alpha value is -1.14. The zero-order valence-corrected chi connectivity index (χ0v) is 20.1. The van der Waals surface area contributed by atoms with Crippen molar-refractivity contribution in [3.05, 3.63) is 0 Å². The maximum Gasteiger partial charge on any atom is 0.322 e. The number of hydrogen-bond donors (Lipinski definition) is 4. The first-order chi connectivity index (χ1) is 15.1. The molecule has 10 atom stereocenters. The van der Waals surface area contributed by atoms with Crippen LogP contribution < -0.4 is 5.32 Å². The van der Waals surface area contributed by atoms with Crippen molar-refractivity contribution in [2.24, 2.45) is 46.3 Å². The van der Waals surface area contributed by atoms with Gasteiger partial charge in [0.1, 0.15) is 6.54 Å². The third kappa shape index (κ3) is 4.11. The van der Waals surface area contributed by atoms with Crippen molar-refractivity contribution < 1.29 is 24.9 Å². The third-order valence-corrected chi connectivity index (χ3v) is 10.7. The average Bonchev–Trinajstić information content (AvgIpc) is 3.09. The average molecular weight is 450 g/mol. The summed E-state index contributed by atoms with van der Waals surface area (Å²) in [5.41, 5.74) is 0.451. The molecule has 0 bridgehead atoms. The van der Waals surface area contributed by atoms with E-state index in [1.165, 1.54) is 12.8 Å². The molecule has 0 radical (unpaired) electrons. The van der Waals surface area contributed by atoms with E-state index in [0.29, 0.717) is 41.9 Å². The van der Waals surface area contributed by atoms with Gasteiger partial charge in [-0.05, 0) is 104 Å². The zero-order chi connectivity index (χ0) is 23.3. The number of aliphatic hydroxyl groups excluding tert-OH is 2. The summed E-state index contributed by atoms with van der Waals surface area (Å²) < 4.78 is 0. The largest absolute Gasteiger partial charge is 0.480 e. The summed E-state index contributed by atoms with van der Waals surface area (Å²) >= 11 is 0. The second-order valence-corrected chi connectivity index (χ2v) is 12.1. The summed E-state index contributed by atoms with van der Waals surface area (Å²) in [4.78, 5) is 22.7. The molecule has 0 aromatic carbocycles. The summed E-state index contributed by atoms with van der Waals surface area (Å²) in [6, 6.07) is 0. The number of carbonyl (C=O) groups excluding carboxylic acids is 1. The lowest BCUT2D eigenvalue weighted by Gasteiger charge is -2.62. The fraction of sp³-hybridized carbons (Fsp3) is 0.923. The summed E-state index contributed by atoms with van der Waals surface area (Å²) in [5.74, 6) is 1.66. The molecule has 4 aliphatic carbocycles. The molecule has 4 fully saturated rings. The topological polar surface area (TPSA) is 107 Å². The van der Waals surface area contributed by atoms with E-state index in [0.717, 1.165) is 44.9 Å². The number of aliphatic hydroxyl groups is 2. The van der Waals surface area contributed by atoms with Crippen LogP contribution in [0.15, 0.2) is 0 Å². The Balaban J connectivity index is 1.44. The predicted octanol–water partition coefficient (Wildman–Crippen LogP) is 3.59. The number of carboxylic acids is 1. The van der Waals surface area contributed by atoms with Gasteiger partial charge in [0.05, 0.1) is 12.2 Å². The van der Waals surface area contributed by atoms with Gasteiger partial charge >= 0.3 is 5.97 Å². The highest BCUT2D eigenvalue weighted by Crippen LogP contribution is 2.68. The first kappa shape index (κ1) is 24.0. The summed E-state index contributed by atoms with van der Waals surface area (Å²) in [6.45, 7) is 6.83. The van der Waals surface area contributed by atoms with Crippen molar-refractivity contribution in [1.29, 1.82) is 0 Å². The van der Waals surface area contributed by atoms with Crippen LogP contribution >= 0.6 is 0 Å². The van der Waals surface area contributed by atoms with E-state index < -0.39 is 5.97 Å². The molecule has 0 aromatic rings. The number of hydrogen-bond acceptors (Lipinski definition) is 4. The number of carbonyl (C=O) groups is 2. The van der Waals surface area contributed by atoms with Crippen LogP contribution in [-0.2, 0) is 9.59 Å². The molecule has 6 nitrogen and oxygen atoms in total. The molecule has 0 heterocycles. The SMILES string of the molecule is C[C@H](CCC(=O)NCC(=O)O)[C@H]1CC[C@H]2[C@H]3[C@@H](CC[C@]12C)[C@@]1(C)CC[C@@H](O)C[C@H]1C[C@@H]3O. The van der Waals surface area contributed by atoms with Crippen molar-refractivity contribution >= 4 is 11.9 Å². The van der Waals surface area contributed by atoms with Crippen LogP contribution in [0.25, 0.3) is 0 Å². The van der Waals surface area contributed by atoms with Gasteiger partial charge in [-0.1, -0.05) is 20.8 Å². The van der Waals surface area contributed by atoms with E-state index in [9.17, 15) is 19.8 Å². The maximum absolute atomic E-state index is 12.0. The second kappa shape index (κ2) is 8.90. The standard InChI is InChI=1S/C26H43NO5/c1-15(4-7-22(30)27-14-23(31)32)18-5-6-19-24-20(9-11-26(18,19)3)25(2)10-8-17(28)12-16(25)13-21(24)29/h15-21,24,28-29H,4-14H2,1-3H3,(H,27,30)(H,31,32)/t15-,16+,17-,18-,19+,20-,21+,24+,25+,26-/m1/s1. The first-order valence-electron chi connectivity index (χ1n) is 12.9. The first-order valence-corrected chi connectivity index (χ1v) is 12.9. The molecule has 4 N–H and O–H groups in total. The minimum absolute atomic E-state index is 0.177. The molecule has 0 unspecified atom stereocenters. The van der Waals surface area contributed by atoms with Gasteiger partial charge in [-0.15, -0.1) is 0 Å². The van der Waals surface area contributed by atoms with Crippen molar-refractivity contribution in [3.63, 3.8) is 0 Å². The normalized spacial score (nSPS) is 46.5. The lowest BCUT2D eigenvalue weighted by atomic mass is 9.43. The minimum Gasteiger partial charge on any atom is -0.480 e. The van der Waals surface area contributed by atoms with E-state index in [1.807, 2.05) is 0 Å². The number of amides is 1. The van der Waals surface area contributed by atoms with Crippen LogP contribution in [0.4, 0.5) is 0 Å². The lowest BCUT2D eigenvalue weighted by Crippen LogP contribution is -2.58. The Morgan fingerprint density at radius 1 is 1.00 bits per heavy atom. The van der Waals surface area contributed by atoms with Crippen LogP contribution in [0, 0.1) is 46.3 Å². The Morgan fingerprint density at radius 2 is 1.69 bits per heavy atom. The second-order valence-electron chi connectivity index (χ2n) is 12.1. The number of carboxylic acid groups (broad SMARTS) is 1. The van der Waals surface area contributed by atoms with E-state index in [2.05, 4.69) is 26.1 Å². The number of fused-ring (bicyclic) bond motifs is 5. The highest BCUT2D eigenvalue weighted by atomic mass is 16.4. The van der Waals surface area contributed by atoms with Crippen molar-refractivity contribution in [3.8, 4) is 0 Å². The van der Waals surface area contributed by atoms with E-state index in [4.69, 9.17) is 5.11 Å². The van der Waals surface area contributed by atoms with Gasteiger partial charge in [-0.25, -0.2) is 0 Å². The van der Waals surface area contributed by atoms with Crippen LogP contribution in [-0.4, -0.2) is 45.9 Å².